The first-order valence-corrected chi connectivity index (χ1v) is 6.47. The molecule has 0 saturated carbocycles. The first kappa shape index (κ1) is 14.4. The number of nitrogens with zero attached hydrogens (tertiary/aromatic N) is 1. The van der Waals surface area contributed by atoms with Gasteiger partial charge in [-0.05, 0) is 19.8 Å². The highest BCUT2D eigenvalue weighted by molar-refractivity contribution is 7.80. The summed E-state index contributed by atoms with van der Waals surface area (Å²) >= 11 is 5.00. The SMILES string of the molecule is CC(C)C(C(=O)N1C[C@@H](C)O[C@@H](C)C1)C(N)=S. The van der Waals surface area contributed by atoms with Crippen LogP contribution >= 0.6 is 12.2 Å². The number of thiocarbonyl (C=S) groups is 1. The van der Waals surface area contributed by atoms with E-state index in [9.17, 15) is 4.79 Å². The molecular weight excluding hydrogens is 236 g/mol. The van der Waals surface area contributed by atoms with Crippen molar-refractivity contribution in [2.24, 2.45) is 17.6 Å². The van der Waals surface area contributed by atoms with E-state index in [1.54, 1.807) is 0 Å². The van der Waals surface area contributed by atoms with Gasteiger partial charge < -0.3 is 15.4 Å². The van der Waals surface area contributed by atoms with Crippen molar-refractivity contribution < 1.29 is 9.53 Å². The highest BCUT2D eigenvalue weighted by Gasteiger charge is 2.33. The lowest BCUT2D eigenvalue weighted by Gasteiger charge is -2.37. The zero-order valence-electron chi connectivity index (χ0n) is 11.0. The second kappa shape index (κ2) is 5.78. The Balaban J connectivity index is 2.76. The van der Waals surface area contributed by atoms with Crippen molar-refractivity contribution in [2.75, 3.05) is 13.1 Å². The van der Waals surface area contributed by atoms with E-state index in [-0.39, 0.29) is 34.9 Å². The first-order valence-electron chi connectivity index (χ1n) is 6.06. The highest BCUT2D eigenvalue weighted by atomic mass is 32.1. The zero-order valence-corrected chi connectivity index (χ0v) is 11.8. The minimum Gasteiger partial charge on any atom is -0.393 e. The summed E-state index contributed by atoms with van der Waals surface area (Å²) in [6.45, 7) is 9.12. The second-order valence-corrected chi connectivity index (χ2v) is 5.60. The van der Waals surface area contributed by atoms with Gasteiger partial charge in [0.25, 0.3) is 0 Å². The van der Waals surface area contributed by atoms with Crippen LogP contribution in [0.4, 0.5) is 0 Å². The van der Waals surface area contributed by atoms with Crippen molar-refractivity contribution in [1.82, 2.24) is 4.90 Å². The van der Waals surface area contributed by atoms with Gasteiger partial charge >= 0.3 is 0 Å². The van der Waals surface area contributed by atoms with Crippen molar-refractivity contribution >= 4 is 23.1 Å². The number of morpholine rings is 1. The molecule has 0 radical (unpaired) electrons. The van der Waals surface area contributed by atoms with Crippen molar-refractivity contribution in [1.29, 1.82) is 0 Å². The molecule has 1 rings (SSSR count). The average molecular weight is 258 g/mol. The van der Waals surface area contributed by atoms with Gasteiger partial charge in [-0.3, -0.25) is 4.79 Å². The lowest BCUT2D eigenvalue weighted by atomic mass is 9.94. The van der Waals surface area contributed by atoms with Crippen LogP contribution in [0.5, 0.6) is 0 Å². The molecule has 98 valence electrons. The molecule has 3 atom stereocenters. The van der Waals surface area contributed by atoms with Crippen LogP contribution in [0.1, 0.15) is 27.7 Å². The monoisotopic (exact) mass is 258 g/mol. The molecule has 2 N–H and O–H groups in total. The van der Waals surface area contributed by atoms with Gasteiger partial charge in [-0.25, -0.2) is 0 Å². The number of hydrogen-bond donors (Lipinski definition) is 1. The Morgan fingerprint density at radius 2 is 1.82 bits per heavy atom. The van der Waals surface area contributed by atoms with Crippen molar-refractivity contribution in [3.63, 3.8) is 0 Å². The number of carbonyl (C=O) groups excluding carboxylic acids is 1. The summed E-state index contributed by atoms with van der Waals surface area (Å²) < 4.78 is 5.61. The summed E-state index contributed by atoms with van der Waals surface area (Å²) in [5, 5.41) is 0. The lowest BCUT2D eigenvalue weighted by Crippen LogP contribution is -2.52. The molecule has 1 heterocycles. The third-order valence-corrected chi connectivity index (χ3v) is 3.22. The molecular formula is C12H22N2O2S. The van der Waals surface area contributed by atoms with Crippen LogP contribution in [-0.2, 0) is 9.53 Å². The van der Waals surface area contributed by atoms with E-state index in [0.29, 0.717) is 13.1 Å². The largest absolute Gasteiger partial charge is 0.393 e. The van der Waals surface area contributed by atoms with Gasteiger partial charge in [0.2, 0.25) is 5.91 Å². The summed E-state index contributed by atoms with van der Waals surface area (Å²) in [7, 11) is 0. The fraction of sp³-hybridized carbons (Fsp3) is 0.833. The van der Waals surface area contributed by atoms with Crippen molar-refractivity contribution in [2.45, 2.75) is 39.9 Å². The molecule has 4 nitrogen and oxygen atoms in total. The van der Waals surface area contributed by atoms with Crippen molar-refractivity contribution in [3.8, 4) is 0 Å². The summed E-state index contributed by atoms with van der Waals surface area (Å²) in [4.78, 5) is 14.5. The minimum absolute atomic E-state index is 0.0366. The first-order chi connectivity index (χ1) is 7.82. The van der Waals surface area contributed by atoms with Gasteiger partial charge in [-0.15, -0.1) is 0 Å². The van der Waals surface area contributed by atoms with Crippen molar-refractivity contribution in [3.05, 3.63) is 0 Å². The molecule has 1 unspecified atom stereocenters. The zero-order chi connectivity index (χ0) is 13.2. The number of carbonyl (C=O) groups is 1. The molecule has 0 aromatic carbocycles. The molecule has 1 saturated heterocycles. The van der Waals surface area contributed by atoms with Gasteiger partial charge in [0.05, 0.1) is 23.1 Å². The lowest BCUT2D eigenvalue weighted by molar-refractivity contribution is -0.146. The summed E-state index contributed by atoms with van der Waals surface area (Å²) in [6, 6.07) is 0. The van der Waals surface area contributed by atoms with Gasteiger partial charge in [-0.1, -0.05) is 26.1 Å². The Labute approximate surface area is 108 Å². The maximum Gasteiger partial charge on any atom is 0.232 e. The maximum atomic E-state index is 12.4. The van der Waals surface area contributed by atoms with E-state index in [1.165, 1.54) is 0 Å². The normalized spacial score (nSPS) is 27.0. The summed E-state index contributed by atoms with van der Waals surface area (Å²) in [5.41, 5.74) is 5.67. The van der Waals surface area contributed by atoms with E-state index < -0.39 is 0 Å². The van der Waals surface area contributed by atoms with Crippen LogP contribution in [0, 0.1) is 11.8 Å². The van der Waals surface area contributed by atoms with Gasteiger partial charge in [0, 0.05) is 13.1 Å². The molecule has 0 aliphatic carbocycles. The number of rotatable bonds is 3. The van der Waals surface area contributed by atoms with Crippen LogP contribution in [-0.4, -0.2) is 41.1 Å². The minimum atomic E-state index is -0.359. The standard InChI is InChI=1S/C12H22N2O2S/c1-7(2)10(11(13)17)12(15)14-5-8(3)16-9(4)6-14/h7-10H,5-6H2,1-4H3,(H2,13,17)/t8-,9+,10?. The van der Waals surface area contributed by atoms with Crippen LogP contribution in [0.15, 0.2) is 0 Å². The van der Waals surface area contributed by atoms with E-state index in [1.807, 2.05) is 32.6 Å². The van der Waals surface area contributed by atoms with Gasteiger partial charge in [0.15, 0.2) is 0 Å². The topological polar surface area (TPSA) is 55.6 Å². The Hall–Kier alpha value is -0.680. The van der Waals surface area contributed by atoms with E-state index in [2.05, 4.69) is 0 Å². The molecule has 5 heteroatoms. The number of hydrogen-bond acceptors (Lipinski definition) is 3. The smallest absolute Gasteiger partial charge is 0.232 e. The molecule has 0 aromatic rings. The summed E-state index contributed by atoms with van der Waals surface area (Å²) in [5.74, 6) is -0.189. The third-order valence-electron chi connectivity index (χ3n) is 2.97. The number of nitrogens with two attached hydrogens (primary N) is 1. The maximum absolute atomic E-state index is 12.4. The number of amides is 1. The molecule has 17 heavy (non-hydrogen) atoms. The van der Waals surface area contributed by atoms with E-state index in [4.69, 9.17) is 22.7 Å². The highest BCUT2D eigenvalue weighted by Crippen LogP contribution is 2.19. The van der Waals surface area contributed by atoms with Crippen LogP contribution in [0.3, 0.4) is 0 Å². The Morgan fingerprint density at radius 3 is 2.18 bits per heavy atom. The van der Waals surface area contributed by atoms with E-state index in [0.717, 1.165) is 0 Å². The van der Waals surface area contributed by atoms with Crippen LogP contribution in [0.2, 0.25) is 0 Å². The van der Waals surface area contributed by atoms with Crippen LogP contribution in [0.25, 0.3) is 0 Å². The van der Waals surface area contributed by atoms with Crippen LogP contribution < -0.4 is 5.73 Å². The molecule has 1 aliphatic heterocycles. The second-order valence-electron chi connectivity index (χ2n) is 5.12. The van der Waals surface area contributed by atoms with E-state index >= 15 is 0 Å². The predicted molar refractivity (Wildman–Crippen MR) is 71.7 cm³/mol. The average Bonchev–Trinajstić information content (AvgIpc) is 2.14. The quantitative estimate of drug-likeness (QED) is 0.772. The fourth-order valence-corrected chi connectivity index (χ4v) is 2.66. The van der Waals surface area contributed by atoms with Gasteiger partial charge in [0.1, 0.15) is 0 Å². The Kier molecular flexibility index (Phi) is 4.89. The third kappa shape index (κ3) is 3.64. The fourth-order valence-electron chi connectivity index (χ4n) is 2.29. The predicted octanol–water partition coefficient (Wildman–Crippen LogP) is 1.18. The summed E-state index contributed by atoms with van der Waals surface area (Å²) in [6.07, 6.45) is 0.142. The molecule has 1 aliphatic rings. The molecule has 1 amide bonds. The molecule has 0 spiro atoms. The molecule has 1 fully saturated rings. The Morgan fingerprint density at radius 1 is 1.35 bits per heavy atom. The molecule has 0 aromatic heterocycles. The Bertz CT molecular complexity index is 297. The number of ether oxygens (including phenoxy) is 1. The van der Waals surface area contributed by atoms with Gasteiger partial charge in [-0.2, -0.15) is 0 Å². The molecule has 0 bridgehead atoms.